The summed E-state index contributed by atoms with van der Waals surface area (Å²) < 4.78 is 5.40. The minimum Gasteiger partial charge on any atom is -0.494 e. The molecule has 2 nitrogen and oxygen atoms in total. The Hall–Kier alpha value is -1.57. The van der Waals surface area contributed by atoms with E-state index >= 15 is 0 Å². The summed E-state index contributed by atoms with van der Waals surface area (Å²) in [6.07, 6.45) is 3.52. The topological polar surface area (TPSA) is 26.3 Å². The van der Waals surface area contributed by atoms with Crippen LogP contribution >= 0.6 is 0 Å². The first-order valence-corrected chi connectivity index (χ1v) is 5.28. The summed E-state index contributed by atoms with van der Waals surface area (Å²) in [4.78, 5) is 11.5. The number of ether oxygens (including phenoxy) is 1. The Bertz CT molecular complexity index is 405. The van der Waals surface area contributed by atoms with Gasteiger partial charge in [0.05, 0.1) is 6.61 Å². The number of hydrogen-bond acceptors (Lipinski definition) is 2. The summed E-state index contributed by atoms with van der Waals surface area (Å²) in [5, 5.41) is 0. The van der Waals surface area contributed by atoms with Gasteiger partial charge in [-0.25, -0.2) is 0 Å². The van der Waals surface area contributed by atoms with Crippen molar-refractivity contribution in [1.82, 2.24) is 0 Å². The molecular weight excluding hydrogens is 188 g/mol. The second kappa shape index (κ2) is 4.30. The van der Waals surface area contributed by atoms with Crippen molar-refractivity contribution >= 4 is 11.4 Å². The molecule has 0 aromatic heterocycles. The molecule has 2 rings (SSSR count). The Morgan fingerprint density at radius 3 is 2.93 bits per heavy atom. The van der Waals surface area contributed by atoms with E-state index in [1.54, 1.807) is 0 Å². The zero-order valence-corrected chi connectivity index (χ0v) is 8.82. The molecule has 0 amide bonds. The van der Waals surface area contributed by atoms with Crippen molar-refractivity contribution < 1.29 is 9.53 Å². The van der Waals surface area contributed by atoms with E-state index in [9.17, 15) is 4.79 Å². The van der Waals surface area contributed by atoms with Gasteiger partial charge in [0.2, 0.25) is 0 Å². The van der Waals surface area contributed by atoms with E-state index in [0.717, 1.165) is 23.3 Å². The standard InChI is InChI=1S/C13H14O2/c1-2-15-11-6-3-5-10(9-11)12-7-4-8-13(12)14/h3,5-7,9H,2,4,8H2,1H3. The van der Waals surface area contributed by atoms with Crippen molar-refractivity contribution in [1.29, 1.82) is 0 Å². The van der Waals surface area contributed by atoms with E-state index in [0.29, 0.717) is 13.0 Å². The van der Waals surface area contributed by atoms with Gasteiger partial charge < -0.3 is 4.74 Å². The quantitative estimate of drug-likeness (QED) is 0.753. The number of Topliss-reactive ketones (excluding diaryl/α,β-unsaturated/α-hetero) is 1. The van der Waals surface area contributed by atoms with E-state index in [4.69, 9.17) is 4.74 Å². The summed E-state index contributed by atoms with van der Waals surface area (Å²) in [5.74, 6) is 1.07. The van der Waals surface area contributed by atoms with E-state index in [-0.39, 0.29) is 5.78 Å². The number of hydrogen-bond donors (Lipinski definition) is 0. The van der Waals surface area contributed by atoms with Crippen molar-refractivity contribution in [3.05, 3.63) is 35.9 Å². The van der Waals surface area contributed by atoms with Crippen LogP contribution in [0.3, 0.4) is 0 Å². The van der Waals surface area contributed by atoms with E-state index in [1.807, 2.05) is 37.3 Å². The minimum absolute atomic E-state index is 0.239. The van der Waals surface area contributed by atoms with Gasteiger partial charge in [-0.05, 0) is 31.0 Å². The predicted octanol–water partition coefficient (Wildman–Crippen LogP) is 2.83. The van der Waals surface area contributed by atoms with Gasteiger partial charge >= 0.3 is 0 Å². The van der Waals surface area contributed by atoms with Crippen LogP contribution in [0.2, 0.25) is 0 Å². The van der Waals surface area contributed by atoms with E-state index < -0.39 is 0 Å². The molecule has 0 bridgehead atoms. The van der Waals surface area contributed by atoms with Crippen LogP contribution in [0, 0.1) is 0 Å². The second-order valence-corrected chi connectivity index (χ2v) is 3.54. The first-order chi connectivity index (χ1) is 7.31. The fourth-order valence-corrected chi connectivity index (χ4v) is 1.80. The zero-order valence-electron chi connectivity index (χ0n) is 8.82. The van der Waals surface area contributed by atoms with Crippen molar-refractivity contribution in [3.63, 3.8) is 0 Å². The molecule has 0 fully saturated rings. The molecule has 1 aliphatic rings. The van der Waals surface area contributed by atoms with E-state index in [2.05, 4.69) is 0 Å². The predicted molar refractivity (Wildman–Crippen MR) is 59.8 cm³/mol. The summed E-state index contributed by atoms with van der Waals surface area (Å²) in [5.41, 5.74) is 1.82. The van der Waals surface area contributed by atoms with Gasteiger partial charge in [-0.15, -0.1) is 0 Å². The lowest BCUT2D eigenvalue weighted by atomic mass is 10.0. The zero-order chi connectivity index (χ0) is 10.7. The largest absolute Gasteiger partial charge is 0.494 e. The Balaban J connectivity index is 2.28. The number of rotatable bonds is 3. The molecule has 0 atom stereocenters. The molecule has 0 saturated heterocycles. The first-order valence-electron chi connectivity index (χ1n) is 5.28. The highest BCUT2D eigenvalue weighted by Crippen LogP contribution is 2.26. The van der Waals surface area contributed by atoms with Gasteiger partial charge in [-0.2, -0.15) is 0 Å². The Labute approximate surface area is 89.6 Å². The van der Waals surface area contributed by atoms with Crippen LogP contribution in [0.15, 0.2) is 30.3 Å². The lowest BCUT2D eigenvalue weighted by Gasteiger charge is -2.05. The number of carbonyl (C=O) groups excluding carboxylic acids is 1. The Morgan fingerprint density at radius 1 is 1.40 bits per heavy atom. The third-order valence-corrected chi connectivity index (χ3v) is 2.48. The summed E-state index contributed by atoms with van der Waals surface area (Å²) in [7, 11) is 0. The van der Waals surface area contributed by atoms with Crippen LogP contribution in [0.4, 0.5) is 0 Å². The fourth-order valence-electron chi connectivity index (χ4n) is 1.80. The van der Waals surface area contributed by atoms with Crippen LogP contribution in [-0.2, 0) is 4.79 Å². The molecule has 15 heavy (non-hydrogen) atoms. The van der Waals surface area contributed by atoms with Crippen molar-refractivity contribution in [2.45, 2.75) is 19.8 Å². The number of ketones is 1. The third kappa shape index (κ3) is 2.09. The van der Waals surface area contributed by atoms with Gasteiger partial charge in [0.1, 0.15) is 5.75 Å². The molecule has 0 radical (unpaired) electrons. The van der Waals surface area contributed by atoms with Crippen LogP contribution in [0.1, 0.15) is 25.3 Å². The number of benzene rings is 1. The maximum absolute atomic E-state index is 11.5. The average Bonchev–Trinajstić information content (AvgIpc) is 2.65. The summed E-state index contributed by atoms with van der Waals surface area (Å²) in [6.45, 7) is 2.60. The van der Waals surface area contributed by atoms with Gasteiger partial charge in [0.15, 0.2) is 5.78 Å². The van der Waals surface area contributed by atoms with Crippen LogP contribution in [-0.4, -0.2) is 12.4 Å². The fraction of sp³-hybridized carbons (Fsp3) is 0.308. The second-order valence-electron chi connectivity index (χ2n) is 3.54. The lowest BCUT2D eigenvalue weighted by Crippen LogP contribution is -1.96. The Morgan fingerprint density at radius 2 is 2.27 bits per heavy atom. The summed E-state index contributed by atoms with van der Waals surface area (Å²) in [6, 6.07) is 7.72. The molecule has 1 aromatic rings. The van der Waals surface area contributed by atoms with Gasteiger partial charge in [0.25, 0.3) is 0 Å². The van der Waals surface area contributed by atoms with Crippen LogP contribution < -0.4 is 4.74 Å². The molecular formula is C13H14O2. The molecule has 0 saturated carbocycles. The van der Waals surface area contributed by atoms with Crippen LogP contribution in [0.5, 0.6) is 5.75 Å². The van der Waals surface area contributed by atoms with Gasteiger partial charge in [0, 0.05) is 12.0 Å². The number of carbonyl (C=O) groups is 1. The maximum atomic E-state index is 11.5. The molecule has 2 heteroatoms. The molecule has 0 N–H and O–H groups in total. The third-order valence-electron chi connectivity index (χ3n) is 2.48. The molecule has 78 valence electrons. The van der Waals surface area contributed by atoms with Gasteiger partial charge in [-0.3, -0.25) is 4.79 Å². The normalized spacial score (nSPS) is 15.3. The molecule has 1 aromatic carbocycles. The Kier molecular flexibility index (Phi) is 2.86. The molecule has 0 heterocycles. The highest BCUT2D eigenvalue weighted by molar-refractivity contribution is 6.22. The minimum atomic E-state index is 0.239. The SMILES string of the molecule is CCOc1cccc(C2=CCCC2=O)c1. The van der Waals surface area contributed by atoms with Gasteiger partial charge in [-0.1, -0.05) is 18.2 Å². The summed E-state index contributed by atoms with van der Waals surface area (Å²) >= 11 is 0. The van der Waals surface area contributed by atoms with Crippen LogP contribution in [0.25, 0.3) is 5.57 Å². The molecule has 0 unspecified atom stereocenters. The maximum Gasteiger partial charge on any atom is 0.163 e. The van der Waals surface area contributed by atoms with Crippen molar-refractivity contribution in [3.8, 4) is 5.75 Å². The number of allylic oxidation sites excluding steroid dienone is 2. The van der Waals surface area contributed by atoms with Crippen molar-refractivity contribution in [2.75, 3.05) is 6.61 Å². The lowest BCUT2D eigenvalue weighted by molar-refractivity contribution is -0.113. The molecule has 0 spiro atoms. The monoisotopic (exact) mass is 202 g/mol. The average molecular weight is 202 g/mol. The molecule has 0 aliphatic heterocycles. The first kappa shape index (κ1) is 9.97. The highest BCUT2D eigenvalue weighted by atomic mass is 16.5. The smallest absolute Gasteiger partial charge is 0.163 e. The highest BCUT2D eigenvalue weighted by Gasteiger charge is 2.16. The van der Waals surface area contributed by atoms with E-state index in [1.165, 1.54) is 0 Å². The van der Waals surface area contributed by atoms with Crippen molar-refractivity contribution in [2.24, 2.45) is 0 Å². The molecule has 1 aliphatic carbocycles.